The fourth-order valence-corrected chi connectivity index (χ4v) is 12.3. The summed E-state index contributed by atoms with van der Waals surface area (Å²) in [6.07, 6.45) is 0. The summed E-state index contributed by atoms with van der Waals surface area (Å²) in [6, 6.07) is 73.9. The van der Waals surface area contributed by atoms with Crippen LogP contribution >= 0.6 is 10.0 Å². The summed E-state index contributed by atoms with van der Waals surface area (Å²) in [7, 11) is -1.92. The van der Waals surface area contributed by atoms with Gasteiger partial charge in [-0.1, -0.05) is 120 Å². The molecule has 0 amide bonds. The molecule has 2 heterocycles. The lowest BCUT2D eigenvalue weighted by atomic mass is 10.1. The Morgan fingerprint density at radius 1 is 0.345 bits per heavy atom. The van der Waals surface area contributed by atoms with Gasteiger partial charge in [0, 0.05) is 52.7 Å². The summed E-state index contributed by atoms with van der Waals surface area (Å²) in [4.78, 5) is 20.8. The van der Waals surface area contributed by atoms with E-state index in [9.17, 15) is 0 Å². The van der Waals surface area contributed by atoms with Crippen molar-refractivity contribution < 1.29 is 0 Å². The number of benzene rings is 8. The lowest BCUT2D eigenvalue weighted by molar-refractivity contribution is 1.07. The number of hydrogen-bond acceptors (Lipinski definition) is 3. The van der Waals surface area contributed by atoms with Gasteiger partial charge in [-0.25, -0.2) is 15.0 Å². The van der Waals surface area contributed by atoms with Crippen molar-refractivity contribution in [2.75, 3.05) is 0 Å². The predicted molar refractivity (Wildman–Crippen MR) is 240 cm³/mol. The normalized spacial score (nSPS) is 11.9. The van der Waals surface area contributed by atoms with Crippen LogP contribution in [0, 0.1) is 13.8 Å². The SMILES string of the molecule is Cc1cc(C)cc(-c2nc(-c3cccc(S(c4ccccc4)(c4ccccc4)c4ccccc4)c3)nc(-c3ccc4c(c3)c3ccccc3n4-c3ccccc3)n2)c1. The molecule has 2 aromatic heterocycles. The van der Waals surface area contributed by atoms with Gasteiger partial charge in [0.1, 0.15) is 0 Å². The van der Waals surface area contributed by atoms with Crippen LogP contribution in [0.1, 0.15) is 11.1 Å². The number of fused-ring (bicyclic) bond motifs is 3. The molecule has 10 rings (SSSR count). The van der Waals surface area contributed by atoms with E-state index in [2.05, 4.69) is 225 Å². The molecule has 0 bridgehead atoms. The number of para-hydroxylation sites is 2. The van der Waals surface area contributed by atoms with Crippen LogP contribution in [0.5, 0.6) is 0 Å². The number of rotatable bonds is 8. The van der Waals surface area contributed by atoms with E-state index < -0.39 is 10.0 Å². The van der Waals surface area contributed by atoms with Crippen LogP contribution in [0.3, 0.4) is 0 Å². The molecule has 0 saturated heterocycles. The fourth-order valence-electron chi connectivity index (χ4n) is 8.35. The van der Waals surface area contributed by atoms with Gasteiger partial charge in [-0.05, 0) is 111 Å². The Morgan fingerprint density at radius 2 is 0.810 bits per heavy atom. The van der Waals surface area contributed by atoms with Crippen molar-refractivity contribution >= 4 is 31.8 Å². The molecular formula is C53H40N4S. The zero-order valence-electron chi connectivity index (χ0n) is 32.3. The van der Waals surface area contributed by atoms with Crippen LogP contribution < -0.4 is 0 Å². The third-order valence-corrected chi connectivity index (χ3v) is 14.7. The highest BCUT2D eigenvalue weighted by atomic mass is 32.3. The molecule has 0 unspecified atom stereocenters. The number of nitrogens with zero attached hydrogens (tertiary/aromatic N) is 4. The minimum Gasteiger partial charge on any atom is -0.309 e. The Hall–Kier alpha value is -7.08. The van der Waals surface area contributed by atoms with Gasteiger partial charge in [-0.3, -0.25) is 0 Å². The summed E-state index contributed by atoms with van der Waals surface area (Å²) >= 11 is 0. The molecule has 0 fully saturated rings. The minimum atomic E-state index is -1.92. The Bertz CT molecular complexity index is 2950. The van der Waals surface area contributed by atoms with Crippen LogP contribution in [-0.2, 0) is 0 Å². The van der Waals surface area contributed by atoms with Crippen molar-refractivity contribution in [2.24, 2.45) is 0 Å². The molecule has 8 aromatic carbocycles. The minimum absolute atomic E-state index is 0.635. The van der Waals surface area contributed by atoms with Crippen LogP contribution in [-0.4, -0.2) is 19.5 Å². The Morgan fingerprint density at radius 3 is 1.40 bits per heavy atom. The quantitative estimate of drug-likeness (QED) is 0.155. The zero-order valence-corrected chi connectivity index (χ0v) is 33.1. The van der Waals surface area contributed by atoms with Gasteiger partial charge in [0.05, 0.1) is 11.0 Å². The molecule has 0 spiro atoms. The maximum Gasteiger partial charge on any atom is 0.164 e. The maximum atomic E-state index is 5.32. The topological polar surface area (TPSA) is 43.6 Å². The average Bonchev–Trinajstić information content (AvgIpc) is 3.61. The van der Waals surface area contributed by atoms with Gasteiger partial charge in [-0.2, -0.15) is 0 Å². The Balaban J connectivity index is 1.20. The molecular weight excluding hydrogens is 725 g/mol. The summed E-state index contributed by atoms with van der Waals surface area (Å²) in [6.45, 7) is 4.25. The first kappa shape index (κ1) is 35.3. The highest BCUT2D eigenvalue weighted by Crippen LogP contribution is 2.73. The van der Waals surface area contributed by atoms with Gasteiger partial charge in [0.25, 0.3) is 0 Å². The largest absolute Gasteiger partial charge is 0.309 e. The summed E-state index contributed by atoms with van der Waals surface area (Å²) in [5, 5.41) is 2.33. The van der Waals surface area contributed by atoms with E-state index >= 15 is 0 Å². The van der Waals surface area contributed by atoms with E-state index in [4.69, 9.17) is 15.0 Å². The van der Waals surface area contributed by atoms with Crippen LogP contribution in [0.4, 0.5) is 0 Å². The van der Waals surface area contributed by atoms with E-state index in [0.717, 1.165) is 49.9 Å². The highest BCUT2D eigenvalue weighted by Gasteiger charge is 2.33. The van der Waals surface area contributed by atoms with E-state index in [1.807, 2.05) is 0 Å². The van der Waals surface area contributed by atoms with Gasteiger partial charge < -0.3 is 4.57 Å². The third-order valence-electron chi connectivity index (χ3n) is 10.8. The van der Waals surface area contributed by atoms with Gasteiger partial charge >= 0.3 is 0 Å². The third kappa shape index (κ3) is 6.17. The Kier molecular flexibility index (Phi) is 9.00. The van der Waals surface area contributed by atoms with Gasteiger partial charge in [0.2, 0.25) is 0 Å². The van der Waals surface area contributed by atoms with Gasteiger partial charge in [-0.15, -0.1) is 10.0 Å². The summed E-state index contributed by atoms with van der Waals surface area (Å²) < 4.78 is 2.33. The fraction of sp³-hybridized carbons (Fsp3) is 0.0377. The smallest absolute Gasteiger partial charge is 0.164 e. The van der Waals surface area contributed by atoms with Crippen LogP contribution in [0.25, 0.3) is 61.7 Å². The molecule has 0 saturated carbocycles. The van der Waals surface area contributed by atoms with Crippen LogP contribution in [0.2, 0.25) is 0 Å². The summed E-state index contributed by atoms with van der Waals surface area (Å²) in [5.41, 5.74) is 8.59. The molecule has 0 aliphatic carbocycles. The second kappa shape index (κ2) is 14.8. The molecule has 58 heavy (non-hydrogen) atoms. The van der Waals surface area contributed by atoms with E-state index in [1.54, 1.807) is 0 Å². The second-order valence-corrected chi connectivity index (χ2v) is 17.8. The molecule has 0 radical (unpaired) electrons. The van der Waals surface area contributed by atoms with Crippen molar-refractivity contribution in [2.45, 2.75) is 33.4 Å². The van der Waals surface area contributed by atoms with Gasteiger partial charge in [0.15, 0.2) is 17.5 Å². The average molecular weight is 765 g/mol. The van der Waals surface area contributed by atoms with E-state index in [0.29, 0.717) is 17.5 Å². The monoisotopic (exact) mass is 764 g/mol. The lowest BCUT2D eigenvalue weighted by Crippen LogP contribution is -2.06. The molecule has 278 valence electrons. The van der Waals surface area contributed by atoms with Crippen molar-refractivity contribution in [1.82, 2.24) is 19.5 Å². The van der Waals surface area contributed by atoms with E-state index in [1.165, 1.54) is 25.0 Å². The first-order valence-corrected chi connectivity index (χ1v) is 21.2. The molecule has 5 heteroatoms. The van der Waals surface area contributed by atoms with Crippen LogP contribution in [0.15, 0.2) is 226 Å². The molecule has 4 nitrogen and oxygen atoms in total. The standard InChI is InChI=1S/C53H40N4S/c1-37-32-38(2)34-41(33-37)53-55-51(54-52(56-53)40-30-31-50-48(36-40)47-28-15-16-29-49(47)57(50)42-19-7-3-8-20-42)39-18-17-27-46(35-39)58(43-21-9-4-10-22-43,44-23-11-5-12-24-44)45-25-13-6-14-26-45/h3-36H,1-2H3. The zero-order chi connectivity index (χ0) is 39.1. The van der Waals surface area contributed by atoms with E-state index in [-0.39, 0.29) is 0 Å². The molecule has 0 aliphatic rings. The molecule has 0 aliphatic heterocycles. The van der Waals surface area contributed by atoms with Crippen molar-refractivity contribution in [1.29, 1.82) is 0 Å². The molecule has 10 aromatic rings. The number of aromatic nitrogens is 4. The first-order chi connectivity index (χ1) is 28.6. The second-order valence-electron chi connectivity index (χ2n) is 14.7. The van der Waals surface area contributed by atoms with Crippen molar-refractivity contribution in [3.63, 3.8) is 0 Å². The first-order valence-electron chi connectivity index (χ1n) is 19.6. The predicted octanol–water partition coefficient (Wildman–Crippen LogP) is 13.9. The number of hydrogen-bond donors (Lipinski definition) is 0. The Labute approximate surface area is 340 Å². The maximum absolute atomic E-state index is 5.32. The van der Waals surface area contributed by atoms with Crippen molar-refractivity contribution in [3.8, 4) is 39.9 Å². The highest BCUT2D eigenvalue weighted by molar-refractivity contribution is 8.34. The number of aryl methyl sites for hydroxylation is 2. The van der Waals surface area contributed by atoms with Crippen molar-refractivity contribution in [3.05, 3.63) is 217 Å². The molecule has 0 atom stereocenters. The summed E-state index contributed by atoms with van der Waals surface area (Å²) in [5.74, 6) is 1.92. The lowest BCUT2D eigenvalue weighted by Gasteiger charge is -2.42. The molecule has 0 N–H and O–H groups in total.